The van der Waals surface area contributed by atoms with E-state index in [1.807, 2.05) is 19.1 Å². The highest BCUT2D eigenvalue weighted by Crippen LogP contribution is 2.22. The number of aromatic hydroxyl groups is 1. The van der Waals surface area contributed by atoms with E-state index in [-0.39, 0.29) is 0 Å². The summed E-state index contributed by atoms with van der Waals surface area (Å²) >= 11 is 1.73. The molecule has 90 valence electrons. The molecular weight excluding hydrogens is 232 g/mol. The highest BCUT2D eigenvalue weighted by atomic mass is 32.1. The van der Waals surface area contributed by atoms with Crippen LogP contribution in [0.4, 0.5) is 0 Å². The second kappa shape index (κ2) is 5.29. The number of hydrogen-bond acceptors (Lipinski definition) is 4. The first-order valence-corrected chi connectivity index (χ1v) is 6.44. The van der Waals surface area contributed by atoms with Gasteiger partial charge in [0.1, 0.15) is 5.75 Å². The summed E-state index contributed by atoms with van der Waals surface area (Å²) in [6, 6.07) is 7.31. The van der Waals surface area contributed by atoms with Crippen LogP contribution in [0.5, 0.6) is 5.75 Å². The van der Waals surface area contributed by atoms with E-state index in [4.69, 9.17) is 5.73 Å². The van der Waals surface area contributed by atoms with Crippen LogP contribution in [-0.4, -0.2) is 16.6 Å². The van der Waals surface area contributed by atoms with Gasteiger partial charge >= 0.3 is 0 Å². The molecule has 0 unspecified atom stereocenters. The number of phenols is 1. The van der Waals surface area contributed by atoms with Crippen LogP contribution in [0.2, 0.25) is 0 Å². The number of aromatic nitrogens is 1. The zero-order valence-electron chi connectivity index (χ0n) is 9.81. The van der Waals surface area contributed by atoms with Crippen LogP contribution >= 0.6 is 11.3 Å². The summed E-state index contributed by atoms with van der Waals surface area (Å²) in [6.07, 6.45) is 1.72. The fourth-order valence-electron chi connectivity index (χ4n) is 1.68. The van der Waals surface area contributed by atoms with E-state index in [9.17, 15) is 5.11 Å². The van der Waals surface area contributed by atoms with Gasteiger partial charge in [-0.25, -0.2) is 4.98 Å². The van der Waals surface area contributed by atoms with Crippen molar-refractivity contribution in [2.24, 2.45) is 5.73 Å². The molecule has 2 rings (SSSR count). The first kappa shape index (κ1) is 12.1. The summed E-state index contributed by atoms with van der Waals surface area (Å²) in [5.74, 6) is 0.304. The molecule has 4 heteroatoms. The zero-order valence-corrected chi connectivity index (χ0v) is 10.6. The Labute approximate surface area is 105 Å². The van der Waals surface area contributed by atoms with Crippen molar-refractivity contribution in [3.05, 3.63) is 45.4 Å². The average Bonchev–Trinajstić information content (AvgIpc) is 2.63. The van der Waals surface area contributed by atoms with Gasteiger partial charge in [-0.3, -0.25) is 0 Å². The summed E-state index contributed by atoms with van der Waals surface area (Å²) < 4.78 is 0. The molecule has 3 N–H and O–H groups in total. The molecule has 2 aromatic rings. The SMILES string of the molecule is Cc1nc(CCN)sc1Cc1ccc(O)cc1. The lowest BCUT2D eigenvalue weighted by atomic mass is 10.1. The molecule has 0 aliphatic carbocycles. The number of phenolic OH excluding ortho intramolecular Hbond substituents is 1. The van der Waals surface area contributed by atoms with Crippen LogP contribution in [0.1, 0.15) is 21.1 Å². The summed E-state index contributed by atoms with van der Waals surface area (Å²) in [4.78, 5) is 5.78. The Kier molecular flexibility index (Phi) is 3.76. The maximum Gasteiger partial charge on any atom is 0.115 e. The van der Waals surface area contributed by atoms with E-state index >= 15 is 0 Å². The molecule has 0 saturated heterocycles. The highest BCUT2D eigenvalue weighted by Gasteiger charge is 2.07. The van der Waals surface area contributed by atoms with Crippen molar-refractivity contribution < 1.29 is 5.11 Å². The quantitative estimate of drug-likeness (QED) is 0.872. The average molecular weight is 248 g/mol. The Bertz CT molecular complexity index is 491. The Morgan fingerprint density at radius 3 is 2.65 bits per heavy atom. The second-order valence-electron chi connectivity index (χ2n) is 4.00. The molecule has 0 amide bonds. The molecule has 0 aliphatic heterocycles. The molecule has 17 heavy (non-hydrogen) atoms. The third-order valence-corrected chi connectivity index (χ3v) is 3.81. The van der Waals surface area contributed by atoms with E-state index in [2.05, 4.69) is 4.98 Å². The van der Waals surface area contributed by atoms with Crippen molar-refractivity contribution in [3.8, 4) is 5.75 Å². The number of nitrogens with zero attached hydrogens (tertiary/aromatic N) is 1. The minimum Gasteiger partial charge on any atom is -0.508 e. The van der Waals surface area contributed by atoms with Crippen molar-refractivity contribution in [3.63, 3.8) is 0 Å². The van der Waals surface area contributed by atoms with Crippen molar-refractivity contribution in [1.82, 2.24) is 4.98 Å². The smallest absolute Gasteiger partial charge is 0.115 e. The summed E-state index contributed by atoms with van der Waals surface area (Å²) in [5.41, 5.74) is 7.81. The first-order valence-electron chi connectivity index (χ1n) is 5.62. The molecule has 0 bridgehead atoms. The number of thiazole rings is 1. The van der Waals surface area contributed by atoms with Crippen LogP contribution in [0.15, 0.2) is 24.3 Å². The van der Waals surface area contributed by atoms with Gasteiger partial charge in [0.25, 0.3) is 0 Å². The maximum absolute atomic E-state index is 9.23. The Balaban J connectivity index is 2.15. The largest absolute Gasteiger partial charge is 0.508 e. The van der Waals surface area contributed by atoms with Gasteiger partial charge in [0, 0.05) is 17.7 Å². The van der Waals surface area contributed by atoms with Crippen LogP contribution < -0.4 is 5.73 Å². The van der Waals surface area contributed by atoms with Crippen molar-refractivity contribution in [1.29, 1.82) is 0 Å². The molecule has 0 aliphatic rings. The van der Waals surface area contributed by atoms with Crippen LogP contribution in [0, 0.1) is 6.92 Å². The predicted octanol–water partition coefficient (Wildman–Crippen LogP) is 2.25. The van der Waals surface area contributed by atoms with Gasteiger partial charge in [0.2, 0.25) is 0 Å². The summed E-state index contributed by atoms with van der Waals surface area (Å²) in [5, 5.41) is 10.3. The van der Waals surface area contributed by atoms with Gasteiger partial charge in [0.15, 0.2) is 0 Å². The fraction of sp³-hybridized carbons (Fsp3) is 0.308. The number of hydrogen-bond donors (Lipinski definition) is 2. The molecule has 0 saturated carbocycles. The van der Waals surface area contributed by atoms with E-state index < -0.39 is 0 Å². The highest BCUT2D eigenvalue weighted by molar-refractivity contribution is 7.11. The predicted molar refractivity (Wildman–Crippen MR) is 70.5 cm³/mol. The summed E-state index contributed by atoms with van der Waals surface area (Å²) in [7, 11) is 0. The van der Waals surface area contributed by atoms with Crippen molar-refractivity contribution >= 4 is 11.3 Å². The monoisotopic (exact) mass is 248 g/mol. The van der Waals surface area contributed by atoms with Gasteiger partial charge in [-0.1, -0.05) is 12.1 Å². The van der Waals surface area contributed by atoms with Gasteiger partial charge in [0.05, 0.1) is 10.7 Å². The third kappa shape index (κ3) is 3.05. The van der Waals surface area contributed by atoms with Gasteiger partial charge in [-0.05, 0) is 31.2 Å². The summed E-state index contributed by atoms with van der Waals surface area (Å²) in [6.45, 7) is 2.68. The van der Waals surface area contributed by atoms with Gasteiger partial charge in [-0.15, -0.1) is 11.3 Å². The topological polar surface area (TPSA) is 59.1 Å². The number of nitrogens with two attached hydrogens (primary N) is 1. The Hall–Kier alpha value is -1.39. The molecule has 0 radical (unpaired) electrons. The molecule has 0 fully saturated rings. The Morgan fingerprint density at radius 1 is 1.29 bits per heavy atom. The lowest BCUT2D eigenvalue weighted by Crippen LogP contribution is -2.01. The van der Waals surface area contributed by atoms with E-state index in [1.165, 1.54) is 10.4 Å². The van der Waals surface area contributed by atoms with Crippen molar-refractivity contribution in [2.75, 3.05) is 6.54 Å². The lowest BCUT2D eigenvalue weighted by molar-refractivity contribution is 0.475. The number of aryl methyl sites for hydroxylation is 1. The van der Waals surface area contributed by atoms with E-state index in [0.717, 1.165) is 23.5 Å². The first-order chi connectivity index (χ1) is 8.19. The van der Waals surface area contributed by atoms with Crippen molar-refractivity contribution in [2.45, 2.75) is 19.8 Å². The normalized spacial score (nSPS) is 10.7. The van der Waals surface area contributed by atoms with E-state index in [1.54, 1.807) is 23.5 Å². The minimum atomic E-state index is 0.304. The van der Waals surface area contributed by atoms with Gasteiger partial charge < -0.3 is 10.8 Å². The number of benzene rings is 1. The van der Waals surface area contributed by atoms with Gasteiger partial charge in [-0.2, -0.15) is 0 Å². The number of rotatable bonds is 4. The molecule has 0 spiro atoms. The standard InChI is InChI=1S/C13H16N2OS/c1-9-12(17-13(15-9)6-7-14)8-10-2-4-11(16)5-3-10/h2-5,16H,6-8,14H2,1H3. The van der Waals surface area contributed by atoms with Crippen LogP contribution in [0.3, 0.4) is 0 Å². The Morgan fingerprint density at radius 2 is 2.00 bits per heavy atom. The van der Waals surface area contributed by atoms with E-state index in [0.29, 0.717) is 12.3 Å². The minimum absolute atomic E-state index is 0.304. The third-order valence-electron chi connectivity index (χ3n) is 2.60. The second-order valence-corrected chi connectivity index (χ2v) is 5.17. The molecular formula is C13H16N2OS. The molecule has 0 atom stereocenters. The lowest BCUT2D eigenvalue weighted by Gasteiger charge is -1.99. The fourth-order valence-corrected chi connectivity index (χ4v) is 2.80. The zero-order chi connectivity index (χ0) is 12.3. The maximum atomic E-state index is 9.23. The van der Waals surface area contributed by atoms with Crippen LogP contribution in [-0.2, 0) is 12.8 Å². The molecule has 1 aromatic heterocycles. The molecule has 1 aromatic carbocycles. The molecule has 1 heterocycles. The van der Waals surface area contributed by atoms with Crippen LogP contribution in [0.25, 0.3) is 0 Å². The molecule has 3 nitrogen and oxygen atoms in total.